The van der Waals surface area contributed by atoms with E-state index in [0.717, 1.165) is 37.2 Å². The summed E-state index contributed by atoms with van der Waals surface area (Å²) < 4.78 is 40.7. The molecule has 34 heavy (non-hydrogen) atoms. The van der Waals surface area contributed by atoms with Crippen LogP contribution in [0.3, 0.4) is 0 Å². The molecular formula is C25H24F3N5O. The van der Waals surface area contributed by atoms with Crippen LogP contribution in [0.1, 0.15) is 39.2 Å². The highest BCUT2D eigenvalue weighted by Gasteiger charge is 2.31. The van der Waals surface area contributed by atoms with Crippen molar-refractivity contribution in [1.82, 2.24) is 19.6 Å². The first-order valence-electron chi connectivity index (χ1n) is 11.0. The Hall–Kier alpha value is -3.64. The molecule has 0 aliphatic carbocycles. The summed E-state index contributed by atoms with van der Waals surface area (Å²) in [5.74, 6) is -0.170. The maximum atomic E-state index is 13.2. The standard InChI is InChI=1S/C25H24F3N5O/c1-18-23(16-30-33(18)22-5-2-4-21(14-22)25(26,27)28)24(34)32-11-3-10-31(12-13-32)17-20-8-6-19(15-29)7-9-20/h2,4-9,14,16H,3,10-13,17H2,1H3. The minimum absolute atomic E-state index is 0.170. The van der Waals surface area contributed by atoms with Crippen LogP contribution in [-0.4, -0.2) is 51.7 Å². The molecule has 176 valence electrons. The number of aromatic nitrogens is 2. The number of nitrogens with zero attached hydrogens (tertiary/aromatic N) is 5. The number of carbonyl (C=O) groups is 1. The molecule has 1 amide bonds. The maximum Gasteiger partial charge on any atom is 0.416 e. The molecule has 0 N–H and O–H groups in total. The third-order valence-electron chi connectivity index (χ3n) is 6.02. The van der Waals surface area contributed by atoms with Gasteiger partial charge >= 0.3 is 6.18 Å². The van der Waals surface area contributed by atoms with Gasteiger partial charge in [-0.2, -0.15) is 23.5 Å². The number of rotatable bonds is 4. The third-order valence-corrected chi connectivity index (χ3v) is 6.02. The molecule has 0 bridgehead atoms. The molecule has 1 saturated heterocycles. The fourth-order valence-corrected chi connectivity index (χ4v) is 4.14. The predicted octanol–water partition coefficient (Wildman–Crippen LogP) is 4.42. The molecule has 0 radical (unpaired) electrons. The fraction of sp³-hybridized carbons (Fsp3) is 0.320. The van der Waals surface area contributed by atoms with Crippen molar-refractivity contribution in [2.24, 2.45) is 0 Å². The van der Waals surface area contributed by atoms with Crippen molar-refractivity contribution in [2.75, 3.05) is 26.2 Å². The second-order valence-corrected chi connectivity index (χ2v) is 8.33. The van der Waals surface area contributed by atoms with Gasteiger partial charge in [-0.05, 0) is 49.2 Å². The van der Waals surface area contributed by atoms with Crippen LogP contribution in [0.15, 0.2) is 54.7 Å². The number of nitriles is 1. The zero-order valence-electron chi connectivity index (χ0n) is 18.7. The lowest BCUT2D eigenvalue weighted by Crippen LogP contribution is -2.35. The Labute approximate surface area is 195 Å². The van der Waals surface area contributed by atoms with E-state index in [4.69, 9.17) is 5.26 Å². The van der Waals surface area contributed by atoms with E-state index in [1.54, 1.807) is 24.0 Å². The largest absolute Gasteiger partial charge is 0.416 e. The van der Waals surface area contributed by atoms with E-state index in [-0.39, 0.29) is 11.6 Å². The van der Waals surface area contributed by atoms with Crippen molar-refractivity contribution in [2.45, 2.75) is 26.1 Å². The molecule has 1 aromatic heterocycles. The highest BCUT2D eigenvalue weighted by Crippen LogP contribution is 2.30. The Bertz CT molecular complexity index is 1210. The smallest absolute Gasteiger partial charge is 0.337 e. The number of halogens is 3. The first-order chi connectivity index (χ1) is 16.3. The molecule has 6 nitrogen and oxygen atoms in total. The van der Waals surface area contributed by atoms with Gasteiger partial charge < -0.3 is 4.90 Å². The molecule has 9 heteroatoms. The maximum absolute atomic E-state index is 13.2. The summed E-state index contributed by atoms with van der Waals surface area (Å²) in [4.78, 5) is 17.3. The van der Waals surface area contributed by atoms with Gasteiger partial charge in [0.05, 0.1) is 40.3 Å². The SMILES string of the molecule is Cc1c(C(=O)N2CCCN(Cc3ccc(C#N)cc3)CC2)cnn1-c1cccc(C(F)(F)F)c1. The van der Waals surface area contributed by atoms with Crippen molar-refractivity contribution in [3.8, 4) is 11.8 Å². The highest BCUT2D eigenvalue weighted by atomic mass is 19.4. The second-order valence-electron chi connectivity index (χ2n) is 8.33. The summed E-state index contributed by atoms with van der Waals surface area (Å²) in [5, 5.41) is 13.1. The molecule has 3 aromatic rings. The van der Waals surface area contributed by atoms with Gasteiger partial charge in [-0.25, -0.2) is 4.68 Å². The molecular weight excluding hydrogens is 443 g/mol. The lowest BCUT2D eigenvalue weighted by Gasteiger charge is -2.22. The van der Waals surface area contributed by atoms with Crippen LogP contribution >= 0.6 is 0 Å². The fourth-order valence-electron chi connectivity index (χ4n) is 4.14. The Balaban J connectivity index is 1.44. The second kappa shape index (κ2) is 9.69. The summed E-state index contributed by atoms with van der Waals surface area (Å²) >= 11 is 0. The van der Waals surface area contributed by atoms with Crippen molar-refractivity contribution in [3.05, 3.63) is 82.7 Å². The van der Waals surface area contributed by atoms with Crippen molar-refractivity contribution in [1.29, 1.82) is 5.26 Å². The van der Waals surface area contributed by atoms with E-state index in [0.29, 0.717) is 36.5 Å². The molecule has 0 unspecified atom stereocenters. The normalized spacial score (nSPS) is 15.1. The average Bonchev–Trinajstić information content (AvgIpc) is 3.05. The van der Waals surface area contributed by atoms with Crippen LogP contribution in [0, 0.1) is 18.3 Å². The number of hydrogen-bond acceptors (Lipinski definition) is 4. The first-order valence-corrected chi connectivity index (χ1v) is 11.0. The average molecular weight is 467 g/mol. The molecule has 1 aliphatic heterocycles. The number of amides is 1. The van der Waals surface area contributed by atoms with Gasteiger partial charge in [0.1, 0.15) is 0 Å². The number of carbonyl (C=O) groups excluding carboxylic acids is 1. The monoisotopic (exact) mass is 467 g/mol. The van der Waals surface area contributed by atoms with Gasteiger partial charge in [0.25, 0.3) is 5.91 Å². The van der Waals surface area contributed by atoms with Gasteiger partial charge in [-0.15, -0.1) is 0 Å². The van der Waals surface area contributed by atoms with Gasteiger partial charge in [0.2, 0.25) is 0 Å². The quantitative estimate of drug-likeness (QED) is 0.570. The van der Waals surface area contributed by atoms with E-state index in [9.17, 15) is 18.0 Å². The molecule has 2 aromatic carbocycles. The molecule has 0 atom stereocenters. The molecule has 2 heterocycles. The predicted molar refractivity (Wildman–Crippen MR) is 120 cm³/mol. The first kappa shape index (κ1) is 23.5. The molecule has 0 spiro atoms. The minimum Gasteiger partial charge on any atom is -0.337 e. The van der Waals surface area contributed by atoms with E-state index in [1.807, 2.05) is 12.1 Å². The van der Waals surface area contributed by atoms with Gasteiger partial charge in [-0.1, -0.05) is 18.2 Å². The van der Waals surface area contributed by atoms with Gasteiger partial charge in [0.15, 0.2) is 0 Å². The Morgan fingerprint density at radius 1 is 1.09 bits per heavy atom. The summed E-state index contributed by atoms with van der Waals surface area (Å²) in [7, 11) is 0. The minimum atomic E-state index is -4.45. The van der Waals surface area contributed by atoms with E-state index < -0.39 is 11.7 Å². The highest BCUT2D eigenvalue weighted by molar-refractivity contribution is 5.95. The number of benzene rings is 2. The van der Waals surface area contributed by atoms with Crippen molar-refractivity contribution < 1.29 is 18.0 Å². The summed E-state index contributed by atoms with van der Waals surface area (Å²) in [5.41, 5.74) is 2.12. The van der Waals surface area contributed by atoms with Crippen LogP contribution in [0.2, 0.25) is 0 Å². The van der Waals surface area contributed by atoms with Crippen LogP contribution in [0.25, 0.3) is 5.69 Å². The van der Waals surface area contributed by atoms with E-state index in [2.05, 4.69) is 16.1 Å². The van der Waals surface area contributed by atoms with Crippen LogP contribution in [-0.2, 0) is 12.7 Å². The topological polar surface area (TPSA) is 65.2 Å². The number of alkyl halides is 3. The van der Waals surface area contributed by atoms with Crippen molar-refractivity contribution in [3.63, 3.8) is 0 Å². The Morgan fingerprint density at radius 3 is 2.56 bits per heavy atom. The molecule has 1 fully saturated rings. The third kappa shape index (κ3) is 5.13. The van der Waals surface area contributed by atoms with Gasteiger partial charge in [-0.3, -0.25) is 9.69 Å². The van der Waals surface area contributed by atoms with Crippen LogP contribution in [0.5, 0.6) is 0 Å². The molecule has 0 saturated carbocycles. The molecule has 1 aliphatic rings. The lowest BCUT2D eigenvalue weighted by atomic mass is 10.1. The van der Waals surface area contributed by atoms with E-state index >= 15 is 0 Å². The summed E-state index contributed by atoms with van der Waals surface area (Å²) in [6.45, 7) is 5.11. The molecule has 4 rings (SSSR count). The number of hydrogen-bond donors (Lipinski definition) is 0. The lowest BCUT2D eigenvalue weighted by molar-refractivity contribution is -0.137. The summed E-state index contributed by atoms with van der Waals surface area (Å²) in [6.07, 6.45) is -2.22. The summed E-state index contributed by atoms with van der Waals surface area (Å²) in [6, 6.07) is 14.5. The Kier molecular flexibility index (Phi) is 6.70. The van der Waals surface area contributed by atoms with Gasteiger partial charge in [0, 0.05) is 32.7 Å². The van der Waals surface area contributed by atoms with Crippen LogP contribution in [0.4, 0.5) is 13.2 Å². The van der Waals surface area contributed by atoms with Crippen LogP contribution < -0.4 is 0 Å². The Morgan fingerprint density at radius 2 is 1.85 bits per heavy atom. The van der Waals surface area contributed by atoms with E-state index in [1.165, 1.54) is 23.0 Å². The zero-order valence-corrected chi connectivity index (χ0v) is 18.7. The van der Waals surface area contributed by atoms with Crippen molar-refractivity contribution >= 4 is 5.91 Å². The zero-order chi connectivity index (χ0) is 24.3.